The van der Waals surface area contributed by atoms with Crippen LogP contribution in [0, 0.1) is 0 Å². The molecular weight excluding hydrogens is 336 g/mol. The van der Waals surface area contributed by atoms with Crippen LogP contribution in [0.4, 0.5) is 0 Å². The topological polar surface area (TPSA) is 97.1 Å². The van der Waals surface area contributed by atoms with Crippen molar-refractivity contribution in [2.24, 2.45) is 0 Å². The average Bonchev–Trinajstić information content (AvgIpc) is 2.93. The van der Waals surface area contributed by atoms with E-state index < -0.39 is 5.97 Å². The fraction of sp³-hybridized carbons (Fsp3) is 0.286. The van der Waals surface area contributed by atoms with Gasteiger partial charge in [0.15, 0.2) is 0 Å². The van der Waals surface area contributed by atoms with E-state index in [9.17, 15) is 9.59 Å². The number of carbonyl (C=O) groups excluding carboxylic acids is 1. The Morgan fingerprint density at radius 1 is 1.30 bits per heavy atom. The summed E-state index contributed by atoms with van der Waals surface area (Å²) in [7, 11) is 0. The lowest BCUT2D eigenvalue weighted by Gasteiger charge is -2.15. The van der Waals surface area contributed by atoms with Crippen LogP contribution in [0.2, 0.25) is 0 Å². The molecule has 3 aromatic rings. The predicted octanol–water partition coefficient (Wildman–Crippen LogP) is 2.17. The summed E-state index contributed by atoms with van der Waals surface area (Å²) in [4.78, 5) is 24.1. The first-order valence-corrected chi connectivity index (χ1v) is 8.62. The molecule has 0 atom stereocenters. The van der Waals surface area contributed by atoms with Crippen molar-refractivity contribution in [2.75, 3.05) is 6.54 Å². The van der Waals surface area contributed by atoms with E-state index in [0.717, 1.165) is 22.2 Å². The summed E-state index contributed by atoms with van der Waals surface area (Å²) in [6, 6.07) is 3.35. The van der Waals surface area contributed by atoms with Gasteiger partial charge in [-0.3, -0.25) is 4.79 Å². The number of hydrogen-bond acceptors (Lipinski definition) is 6. The number of amides is 1. The number of carboxylic acid groups (broad SMARTS) is 1. The zero-order valence-electron chi connectivity index (χ0n) is 11.9. The number of carboxylic acids is 1. The molecule has 0 spiro atoms. The predicted molar refractivity (Wildman–Crippen MR) is 86.2 cm³/mol. The highest BCUT2D eigenvalue weighted by atomic mass is 32.2. The molecule has 1 fully saturated rings. The van der Waals surface area contributed by atoms with E-state index in [-0.39, 0.29) is 11.4 Å². The van der Waals surface area contributed by atoms with Crippen molar-refractivity contribution in [3.8, 4) is 0 Å². The largest absolute Gasteiger partial charge is 0.477 e. The fourth-order valence-electron chi connectivity index (χ4n) is 2.48. The molecule has 1 aliphatic rings. The smallest absolute Gasteiger partial charge is 0.345 e. The second-order valence-electron chi connectivity index (χ2n) is 5.52. The Bertz CT molecular complexity index is 861. The van der Waals surface area contributed by atoms with Gasteiger partial charge in [-0.15, -0.1) is 27.8 Å². The lowest BCUT2D eigenvalue weighted by molar-refractivity contribution is 0.0702. The van der Waals surface area contributed by atoms with Crippen LogP contribution in [-0.4, -0.2) is 38.5 Å². The summed E-state index contributed by atoms with van der Waals surface area (Å²) in [6.45, 7) is 0.515. The normalized spacial score (nSPS) is 15.7. The minimum absolute atomic E-state index is 0.137. The number of aromatic carboxylic acids is 1. The van der Waals surface area contributed by atoms with Gasteiger partial charge in [0.2, 0.25) is 0 Å². The Balaban J connectivity index is 1.47. The third-order valence-corrected chi connectivity index (χ3v) is 6.34. The van der Waals surface area contributed by atoms with Crippen LogP contribution in [-0.2, 0) is 5.54 Å². The molecule has 23 heavy (non-hydrogen) atoms. The average molecular weight is 348 g/mol. The van der Waals surface area contributed by atoms with Gasteiger partial charge in [0.25, 0.3) is 5.91 Å². The molecule has 0 aromatic carbocycles. The Morgan fingerprint density at radius 3 is 2.65 bits per heavy atom. The molecule has 7 nitrogen and oxygen atoms in total. The van der Waals surface area contributed by atoms with Gasteiger partial charge in [-0.1, -0.05) is 5.21 Å². The monoisotopic (exact) mass is 348 g/mol. The quantitative estimate of drug-likeness (QED) is 0.736. The second-order valence-corrected chi connectivity index (χ2v) is 7.89. The molecule has 9 heteroatoms. The number of hydrogen-bond donors (Lipinski definition) is 2. The lowest BCUT2D eigenvalue weighted by atomic mass is 10.2. The van der Waals surface area contributed by atoms with Gasteiger partial charge >= 0.3 is 5.97 Å². The fourth-order valence-corrected chi connectivity index (χ4v) is 4.68. The van der Waals surface area contributed by atoms with Crippen LogP contribution >= 0.6 is 22.7 Å². The number of carbonyl (C=O) groups is 2. The maximum absolute atomic E-state index is 12.3. The Hall–Kier alpha value is -2.26. The van der Waals surface area contributed by atoms with Gasteiger partial charge in [-0.25, -0.2) is 9.48 Å². The first kappa shape index (κ1) is 14.3. The number of nitrogens with zero attached hydrogens (tertiary/aromatic N) is 3. The van der Waals surface area contributed by atoms with E-state index in [1.807, 2.05) is 6.20 Å². The number of thiophene rings is 2. The molecule has 0 unspecified atom stereocenters. The molecule has 0 saturated heterocycles. The van der Waals surface area contributed by atoms with E-state index in [2.05, 4.69) is 15.6 Å². The molecule has 3 heterocycles. The van der Waals surface area contributed by atoms with Gasteiger partial charge in [0.05, 0.1) is 20.6 Å². The first-order chi connectivity index (χ1) is 11.1. The lowest BCUT2D eigenvalue weighted by Crippen LogP contribution is -2.35. The van der Waals surface area contributed by atoms with E-state index in [0.29, 0.717) is 16.3 Å². The molecule has 0 radical (unpaired) electrons. The summed E-state index contributed by atoms with van der Waals surface area (Å²) in [5, 5.41) is 20.6. The van der Waals surface area contributed by atoms with Crippen LogP contribution in [0.15, 0.2) is 24.5 Å². The number of aromatic nitrogens is 3. The number of rotatable bonds is 5. The molecule has 1 saturated carbocycles. The summed E-state index contributed by atoms with van der Waals surface area (Å²) in [5.74, 6) is -1.07. The third kappa shape index (κ3) is 2.51. The standard InChI is InChI=1S/C14H12N4O3S2/c19-11(15-7-14(1-2-14)18-4-3-16-17-18)9-5-8-6-10(12(20)21)23-13(8)22-9/h3-6H,1-2,7H2,(H,15,19)(H,20,21). The Labute approximate surface area is 138 Å². The van der Waals surface area contributed by atoms with Gasteiger partial charge < -0.3 is 10.4 Å². The van der Waals surface area contributed by atoms with Crippen LogP contribution in [0.1, 0.15) is 32.2 Å². The van der Waals surface area contributed by atoms with Crippen LogP contribution in [0.25, 0.3) is 9.40 Å². The minimum Gasteiger partial charge on any atom is -0.477 e. The summed E-state index contributed by atoms with van der Waals surface area (Å²) in [5.41, 5.74) is -0.142. The highest BCUT2D eigenvalue weighted by molar-refractivity contribution is 7.39. The molecule has 4 rings (SSSR count). The van der Waals surface area contributed by atoms with Crippen molar-refractivity contribution >= 4 is 43.9 Å². The van der Waals surface area contributed by atoms with E-state index in [1.165, 1.54) is 22.7 Å². The Kier molecular flexibility index (Phi) is 3.20. The maximum atomic E-state index is 12.3. The van der Waals surface area contributed by atoms with Crippen molar-refractivity contribution in [1.82, 2.24) is 20.3 Å². The maximum Gasteiger partial charge on any atom is 0.345 e. The Morgan fingerprint density at radius 2 is 2.04 bits per heavy atom. The molecule has 118 valence electrons. The zero-order chi connectivity index (χ0) is 16.0. The molecular formula is C14H12N4O3S2. The number of fused-ring (bicyclic) bond motifs is 1. The van der Waals surface area contributed by atoms with Crippen molar-refractivity contribution in [3.05, 3.63) is 34.3 Å². The summed E-state index contributed by atoms with van der Waals surface area (Å²) >= 11 is 2.51. The van der Waals surface area contributed by atoms with Gasteiger partial charge in [-0.2, -0.15) is 0 Å². The van der Waals surface area contributed by atoms with Crippen LogP contribution < -0.4 is 5.32 Å². The van der Waals surface area contributed by atoms with Crippen LogP contribution in [0.3, 0.4) is 0 Å². The molecule has 0 bridgehead atoms. The number of nitrogens with one attached hydrogen (secondary N) is 1. The van der Waals surface area contributed by atoms with Crippen molar-refractivity contribution in [3.63, 3.8) is 0 Å². The van der Waals surface area contributed by atoms with Crippen molar-refractivity contribution in [2.45, 2.75) is 18.4 Å². The molecule has 3 aromatic heterocycles. The van der Waals surface area contributed by atoms with Gasteiger partial charge in [0, 0.05) is 18.1 Å². The van der Waals surface area contributed by atoms with E-state index >= 15 is 0 Å². The van der Waals surface area contributed by atoms with Crippen molar-refractivity contribution < 1.29 is 14.7 Å². The highest BCUT2D eigenvalue weighted by Crippen LogP contribution is 2.42. The first-order valence-electron chi connectivity index (χ1n) is 6.99. The van der Waals surface area contributed by atoms with Gasteiger partial charge in [-0.05, 0) is 25.0 Å². The summed E-state index contributed by atoms with van der Waals surface area (Å²) < 4.78 is 2.66. The SMILES string of the molecule is O=C(O)c1cc2cc(C(=O)NCC3(n4ccnn4)CC3)sc2s1. The molecule has 1 amide bonds. The van der Waals surface area contributed by atoms with Crippen LogP contribution in [0.5, 0.6) is 0 Å². The van der Waals surface area contributed by atoms with Crippen molar-refractivity contribution in [1.29, 1.82) is 0 Å². The molecule has 1 aliphatic carbocycles. The highest BCUT2D eigenvalue weighted by Gasteiger charge is 2.45. The third-order valence-electron chi connectivity index (χ3n) is 3.96. The second kappa shape index (κ2) is 5.14. The van der Waals surface area contributed by atoms with E-state index in [1.54, 1.807) is 23.0 Å². The van der Waals surface area contributed by atoms with Gasteiger partial charge in [0.1, 0.15) is 4.88 Å². The zero-order valence-corrected chi connectivity index (χ0v) is 13.5. The van der Waals surface area contributed by atoms with E-state index in [4.69, 9.17) is 5.11 Å². The molecule has 2 N–H and O–H groups in total. The molecule has 0 aliphatic heterocycles. The summed E-state index contributed by atoms with van der Waals surface area (Å²) in [6.07, 6.45) is 5.39. The minimum atomic E-state index is -0.937.